The summed E-state index contributed by atoms with van der Waals surface area (Å²) in [4.78, 5) is 30.6. The molecule has 14 nitrogen and oxygen atoms in total. The van der Waals surface area contributed by atoms with Gasteiger partial charge in [0.1, 0.15) is 12.2 Å². The Morgan fingerprint density at radius 2 is 1.63 bits per heavy atom. The molecule has 0 bridgehead atoms. The molecule has 5 atom stereocenters. The highest BCUT2D eigenvalue weighted by Crippen LogP contribution is 2.41. The summed E-state index contributed by atoms with van der Waals surface area (Å²) >= 11 is 0. The number of H-pyrrole nitrogens is 1. The predicted octanol–water partition coefficient (Wildman–Crippen LogP) is 4.50. The number of anilines is 2. The van der Waals surface area contributed by atoms with Crippen LogP contribution in [0.15, 0.2) is 97.3 Å². The number of aliphatic hydroxyl groups excluding tert-OH is 2. The van der Waals surface area contributed by atoms with Crippen LogP contribution in [0.3, 0.4) is 0 Å². The van der Waals surface area contributed by atoms with Crippen molar-refractivity contribution < 1.29 is 24.5 Å². The Labute approximate surface area is 300 Å². The molecule has 0 unspecified atom stereocenters. The summed E-state index contributed by atoms with van der Waals surface area (Å²) in [6.45, 7) is 4.49. The average Bonchev–Trinajstić information content (AvgIpc) is 3.91. The van der Waals surface area contributed by atoms with Crippen LogP contribution >= 0.6 is 0 Å². The lowest BCUT2D eigenvalue weighted by Gasteiger charge is -2.22. The molecule has 0 amide bonds. The van der Waals surface area contributed by atoms with Crippen LogP contribution in [0, 0.1) is 0 Å². The van der Waals surface area contributed by atoms with E-state index in [2.05, 4.69) is 50.1 Å². The monoisotopic (exact) mass is 703 g/mol. The highest BCUT2D eigenvalue weighted by Gasteiger charge is 2.49. The van der Waals surface area contributed by atoms with Crippen molar-refractivity contribution in [3.05, 3.63) is 126 Å². The third-order valence-electron chi connectivity index (χ3n) is 9.18. The van der Waals surface area contributed by atoms with Crippen LogP contribution in [0.4, 0.5) is 11.8 Å². The van der Waals surface area contributed by atoms with Crippen LogP contribution in [0.5, 0.6) is 0 Å². The van der Waals surface area contributed by atoms with Gasteiger partial charge in [-0.05, 0) is 23.1 Å². The Bertz CT molecular complexity index is 2020. The lowest BCUT2D eigenvalue weighted by molar-refractivity contribution is -0.142. The molecule has 5 N–H and O–H groups in total. The van der Waals surface area contributed by atoms with Gasteiger partial charge in [0.25, 0.3) is 6.47 Å². The number of benzene rings is 3. The number of hydrogen-bond acceptors (Lipinski definition) is 12. The summed E-state index contributed by atoms with van der Waals surface area (Å²) in [6, 6.07) is 29.9. The highest BCUT2D eigenvalue weighted by atomic mass is 16.6. The van der Waals surface area contributed by atoms with Crippen molar-refractivity contribution in [3.63, 3.8) is 0 Å². The SMILES string of the molecule is CC(C)c1n[nH]c([C@H]2O[C@@H](n3cnc4c(NCC(c5ccccc5)c5ccccc5)nc(N[C@H](CO)Cc5ccccc5)nc43)[C@H](OC=O)[C@@H]2O)n1. The number of aliphatic hydroxyl groups is 2. The number of rotatable bonds is 15. The van der Waals surface area contributed by atoms with Gasteiger partial charge in [-0.25, -0.2) is 9.97 Å². The van der Waals surface area contributed by atoms with E-state index in [9.17, 15) is 15.0 Å². The molecule has 1 saturated heterocycles. The molecule has 1 fully saturated rings. The molecule has 52 heavy (non-hydrogen) atoms. The molecule has 0 aliphatic carbocycles. The van der Waals surface area contributed by atoms with Crippen LogP contribution in [-0.4, -0.2) is 82.8 Å². The molecule has 3 aromatic carbocycles. The van der Waals surface area contributed by atoms with Crippen LogP contribution < -0.4 is 10.6 Å². The maximum Gasteiger partial charge on any atom is 0.293 e. The van der Waals surface area contributed by atoms with Crippen molar-refractivity contribution in [2.75, 3.05) is 23.8 Å². The molecular weight excluding hydrogens is 662 g/mol. The van der Waals surface area contributed by atoms with Crippen LogP contribution in [0.25, 0.3) is 11.2 Å². The van der Waals surface area contributed by atoms with Gasteiger partial charge in [-0.3, -0.25) is 14.5 Å². The number of aromatic amines is 1. The lowest BCUT2D eigenvalue weighted by Crippen LogP contribution is -2.32. The molecule has 1 aliphatic rings. The fourth-order valence-electron chi connectivity index (χ4n) is 6.51. The number of nitrogens with one attached hydrogen (secondary N) is 3. The van der Waals surface area contributed by atoms with E-state index in [1.54, 1.807) is 4.57 Å². The van der Waals surface area contributed by atoms with Gasteiger partial charge in [-0.1, -0.05) is 105 Å². The van der Waals surface area contributed by atoms with E-state index >= 15 is 0 Å². The second-order valence-corrected chi connectivity index (χ2v) is 13.1. The number of imidazole rings is 1. The lowest BCUT2D eigenvalue weighted by atomic mass is 9.91. The standard InChI is InChI=1S/C38H41N9O5/c1-23(2)33-42-35(46-45-33)31-30(50)32(51-22-49)37(52-31)47-21-40-29-34(39-19-28(25-14-8-4-9-15-25)26-16-10-5-11-17-26)43-38(44-36(29)47)41-27(20-48)18-24-12-6-3-7-13-24/h3-17,21-23,27-28,30-32,37,48,50H,18-20H2,1-2H3,(H,42,45,46)(H2,39,41,43,44)/t27-,30+,31-,32+,37+/m0/s1. The van der Waals surface area contributed by atoms with Crippen molar-refractivity contribution in [2.24, 2.45) is 0 Å². The van der Waals surface area contributed by atoms with Gasteiger partial charge in [0.2, 0.25) is 5.95 Å². The molecule has 0 spiro atoms. The molecule has 14 heteroatoms. The Morgan fingerprint density at radius 1 is 0.962 bits per heavy atom. The van der Waals surface area contributed by atoms with E-state index in [1.165, 1.54) is 6.33 Å². The number of hydrogen-bond donors (Lipinski definition) is 5. The Hall–Kier alpha value is -5.70. The molecule has 268 valence electrons. The molecule has 0 saturated carbocycles. The van der Waals surface area contributed by atoms with E-state index in [-0.39, 0.29) is 30.9 Å². The minimum Gasteiger partial charge on any atom is -0.457 e. The van der Waals surface area contributed by atoms with Gasteiger partial charge >= 0.3 is 0 Å². The Morgan fingerprint density at radius 3 is 2.25 bits per heavy atom. The van der Waals surface area contributed by atoms with E-state index in [0.717, 1.165) is 16.7 Å². The average molecular weight is 704 g/mol. The van der Waals surface area contributed by atoms with Crippen molar-refractivity contribution in [1.82, 2.24) is 34.7 Å². The van der Waals surface area contributed by atoms with E-state index in [1.807, 2.05) is 80.6 Å². The van der Waals surface area contributed by atoms with Crippen LogP contribution in [0.1, 0.15) is 66.4 Å². The topological polar surface area (TPSA) is 185 Å². The molecule has 7 rings (SSSR count). The van der Waals surface area contributed by atoms with Crippen LogP contribution in [-0.2, 0) is 20.7 Å². The van der Waals surface area contributed by atoms with Gasteiger partial charge in [-0.15, -0.1) is 0 Å². The summed E-state index contributed by atoms with van der Waals surface area (Å²) in [7, 11) is 0. The maximum absolute atomic E-state index is 11.7. The highest BCUT2D eigenvalue weighted by molar-refractivity contribution is 5.84. The largest absolute Gasteiger partial charge is 0.457 e. The number of aromatic nitrogens is 7. The van der Waals surface area contributed by atoms with Gasteiger partial charge in [-0.2, -0.15) is 15.1 Å². The first-order valence-corrected chi connectivity index (χ1v) is 17.3. The minimum atomic E-state index is -1.28. The molecule has 1 aliphatic heterocycles. The predicted molar refractivity (Wildman–Crippen MR) is 193 cm³/mol. The number of carbonyl (C=O) groups is 1. The zero-order valence-electron chi connectivity index (χ0n) is 28.8. The summed E-state index contributed by atoms with van der Waals surface area (Å²) < 4.78 is 13.4. The number of fused-ring (bicyclic) bond motifs is 1. The van der Waals surface area contributed by atoms with Gasteiger partial charge in [0, 0.05) is 18.4 Å². The van der Waals surface area contributed by atoms with Gasteiger partial charge in [0.05, 0.1) is 19.0 Å². The zero-order chi connectivity index (χ0) is 36.0. The van der Waals surface area contributed by atoms with Crippen molar-refractivity contribution in [2.45, 2.75) is 62.7 Å². The van der Waals surface area contributed by atoms with Crippen molar-refractivity contribution in [1.29, 1.82) is 0 Å². The molecule has 6 aromatic rings. The molecule has 0 radical (unpaired) electrons. The van der Waals surface area contributed by atoms with E-state index in [0.29, 0.717) is 41.6 Å². The van der Waals surface area contributed by atoms with Crippen LogP contribution in [0.2, 0.25) is 0 Å². The summed E-state index contributed by atoms with van der Waals surface area (Å²) in [5, 5.41) is 35.7. The Balaban J connectivity index is 1.26. The van der Waals surface area contributed by atoms with Gasteiger partial charge < -0.3 is 30.3 Å². The first-order valence-electron chi connectivity index (χ1n) is 17.3. The number of nitrogens with zero attached hydrogens (tertiary/aromatic N) is 6. The summed E-state index contributed by atoms with van der Waals surface area (Å²) in [6.07, 6.45) is -2.37. The third-order valence-corrected chi connectivity index (χ3v) is 9.18. The fourth-order valence-corrected chi connectivity index (χ4v) is 6.51. The van der Waals surface area contributed by atoms with Gasteiger partial charge in [0.15, 0.2) is 41.0 Å². The first kappa shape index (κ1) is 34.7. The molecule has 3 aromatic heterocycles. The van der Waals surface area contributed by atoms with E-state index in [4.69, 9.17) is 24.4 Å². The quantitative estimate of drug-likeness (QED) is 0.0945. The third kappa shape index (κ3) is 7.35. The number of ether oxygens (including phenoxy) is 2. The molecular formula is C38H41N9O5. The van der Waals surface area contributed by atoms with Crippen molar-refractivity contribution >= 4 is 29.4 Å². The minimum absolute atomic E-state index is 0.0220. The number of carbonyl (C=O) groups excluding carboxylic acids is 1. The van der Waals surface area contributed by atoms with E-state index < -0.39 is 30.6 Å². The Kier molecular flexibility index (Phi) is 10.5. The first-order chi connectivity index (χ1) is 25.4. The fraction of sp³-hybridized carbons (Fsp3) is 0.316. The molecule has 4 heterocycles. The second-order valence-electron chi connectivity index (χ2n) is 13.1. The second kappa shape index (κ2) is 15.7. The smallest absolute Gasteiger partial charge is 0.293 e. The normalized spacial score (nSPS) is 19.3. The van der Waals surface area contributed by atoms with Crippen molar-refractivity contribution in [3.8, 4) is 0 Å². The summed E-state index contributed by atoms with van der Waals surface area (Å²) in [5.41, 5.74) is 4.07. The maximum atomic E-state index is 11.7. The summed E-state index contributed by atoms with van der Waals surface area (Å²) in [5.74, 6) is 1.57. The zero-order valence-corrected chi connectivity index (χ0v) is 28.8.